The number of nitrogens with two attached hydrogens (primary N) is 2. The molecule has 1 aliphatic carbocycles. The first-order valence-electron chi connectivity index (χ1n) is 14.9. The maximum Gasteiger partial charge on any atom is 0.246 e. The van der Waals surface area contributed by atoms with Crippen molar-refractivity contribution in [2.75, 3.05) is 43.9 Å². The van der Waals surface area contributed by atoms with Crippen LogP contribution in [0.5, 0.6) is 5.88 Å². The Kier molecular flexibility index (Phi) is 9.34. The number of nitrogens with zero attached hydrogens (tertiary/aromatic N) is 6. The SMILES string of the molecule is C=CC(=O)N1C(C)CN(c2cc(OCC3CCCN3C)nc(/C(N)=C/C(=S)C3CCCc4sc(N)c(C#N)c43)n2)CC1C. The topological polar surface area (TPSA) is 138 Å². The summed E-state index contributed by atoms with van der Waals surface area (Å²) in [6.45, 7) is 10.5. The van der Waals surface area contributed by atoms with Crippen molar-refractivity contribution in [3.05, 3.63) is 46.6 Å². The lowest BCUT2D eigenvalue weighted by Crippen LogP contribution is -2.58. The van der Waals surface area contributed by atoms with Gasteiger partial charge in [-0.05, 0) is 77.3 Å². The van der Waals surface area contributed by atoms with Gasteiger partial charge >= 0.3 is 0 Å². The zero-order valence-electron chi connectivity index (χ0n) is 25.1. The summed E-state index contributed by atoms with van der Waals surface area (Å²) in [7, 11) is 2.11. The number of likely N-dealkylation sites (tertiary alicyclic amines) is 1. The molecule has 2 fully saturated rings. The minimum Gasteiger partial charge on any atom is -0.476 e. The van der Waals surface area contributed by atoms with Crippen LogP contribution < -0.4 is 21.1 Å². The number of carbonyl (C=O) groups is 1. The Balaban J connectivity index is 1.45. The lowest BCUT2D eigenvalue weighted by Gasteiger charge is -2.44. The minimum atomic E-state index is -0.116. The van der Waals surface area contributed by atoms with Crippen molar-refractivity contribution in [3.63, 3.8) is 0 Å². The molecule has 3 aliphatic rings. The van der Waals surface area contributed by atoms with Gasteiger partial charge in [0.25, 0.3) is 0 Å². The zero-order valence-corrected chi connectivity index (χ0v) is 26.7. The number of allylic oxidation sites excluding steroid dienone is 1. The number of hydrogen-bond donors (Lipinski definition) is 2. The number of ether oxygens (including phenoxy) is 1. The van der Waals surface area contributed by atoms with Crippen LogP contribution in [0.3, 0.4) is 0 Å². The summed E-state index contributed by atoms with van der Waals surface area (Å²) in [5.41, 5.74) is 14.6. The van der Waals surface area contributed by atoms with Crippen LogP contribution in [0.4, 0.5) is 10.8 Å². The van der Waals surface area contributed by atoms with E-state index in [9.17, 15) is 10.1 Å². The second-order valence-electron chi connectivity index (χ2n) is 11.8. The maximum absolute atomic E-state index is 12.5. The van der Waals surface area contributed by atoms with E-state index in [4.69, 9.17) is 38.4 Å². The summed E-state index contributed by atoms with van der Waals surface area (Å²) in [6.07, 6.45) is 8.03. The lowest BCUT2D eigenvalue weighted by atomic mass is 9.83. The van der Waals surface area contributed by atoms with E-state index in [2.05, 4.69) is 29.5 Å². The summed E-state index contributed by atoms with van der Waals surface area (Å²) in [5.74, 6) is 1.27. The maximum atomic E-state index is 12.5. The van der Waals surface area contributed by atoms with E-state index in [-0.39, 0.29) is 23.9 Å². The number of piperazine rings is 1. The lowest BCUT2D eigenvalue weighted by molar-refractivity contribution is -0.130. The number of amides is 1. The molecule has 2 aliphatic heterocycles. The molecule has 0 saturated carbocycles. The van der Waals surface area contributed by atoms with Gasteiger partial charge < -0.3 is 30.9 Å². The van der Waals surface area contributed by atoms with Crippen LogP contribution in [0.2, 0.25) is 0 Å². The normalized spacial score (nSPS) is 24.4. The van der Waals surface area contributed by atoms with Crippen molar-refractivity contribution >= 4 is 50.8 Å². The van der Waals surface area contributed by atoms with Crippen molar-refractivity contribution in [1.29, 1.82) is 5.26 Å². The van der Waals surface area contributed by atoms with E-state index in [1.807, 2.05) is 24.8 Å². The van der Waals surface area contributed by atoms with E-state index in [1.165, 1.54) is 17.4 Å². The number of likely N-dealkylation sites (N-methyl/N-ethyl adjacent to an activating group) is 1. The van der Waals surface area contributed by atoms with Crippen LogP contribution in [-0.2, 0) is 11.2 Å². The molecule has 10 nitrogen and oxygen atoms in total. The van der Waals surface area contributed by atoms with Gasteiger partial charge in [-0.15, -0.1) is 11.3 Å². The number of hydrogen-bond acceptors (Lipinski definition) is 11. The molecule has 4 heterocycles. The Labute approximate surface area is 263 Å². The third-order valence-electron chi connectivity index (χ3n) is 8.76. The number of aryl methyl sites for hydroxylation is 1. The third-order valence-corrected chi connectivity index (χ3v) is 10.3. The summed E-state index contributed by atoms with van der Waals surface area (Å²) in [4.78, 5) is 30.1. The van der Waals surface area contributed by atoms with Crippen molar-refractivity contribution in [1.82, 2.24) is 19.8 Å². The summed E-state index contributed by atoms with van der Waals surface area (Å²) in [6, 6.07) is 4.37. The van der Waals surface area contributed by atoms with Gasteiger partial charge in [0.05, 0.1) is 11.3 Å². The molecule has 5 rings (SSSR count). The van der Waals surface area contributed by atoms with Crippen molar-refractivity contribution < 1.29 is 9.53 Å². The van der Waals surface area contributed by atoms with Crippen molar-refractivity contribution in [2.24, 2.45) is 5.73 Å². The number of nitrogen functional groups attached to an aromatic ring is 1. The molecule has 0 spiro atoms. The highest BCUT2D eigenvalue weighted by molar-refractivity contribution is 7.80. The average molecular weight is 621 g/mol. The number of aromatic nitrogens is 2. The van der Waals surface area contributed by atoms with E-state index < -0.39 is 0 Å². The molecule has 2 aromatic heterocycles. The molecule has 4 atom stereocenters. The van der Waals surface area contributed by atoms with E-state index in [1.54, 1.807) is 6.08 Å². The molecule has 43 heavy (non-hydrogen) atoms. The summed E-state index contributed by atoms with van der Waals surface area (Å²) in [5, 5.41) is 10.3. The Hall–Kier alpha value is -3.53. The first kappa shape index (κ1) is 30.9. The molecule has 0 bridgehead atoms. The highest BCUT2D eigenvalue weighted by Crippen LogP contribution is 2.43. The largest absolute Gasteiger partial charge is 0.476 e. The summed E-state index contributed by atoms with van der Waals surface area (Å²) >= 11 is 7.38. The molecule has 12 heteroatoms. The van der Waals surface area contributed by atoms with Gasteiger partial charge in [0.2, 0.25) is 11.8 Å². The molecule has 1 amide bonds. The molecule has 2 aromatic rings. The number of rotatable bonds is 8. The van der Waals surface area contributed by atoms with Crippen LogP contribution in [0.25, 0.3) is 5.70 Å². The van der Waals surface area contributed by atoms with E-state index in [0.717, 1.165) is 49.1 Å². The van der Waals surface area contributed by atoms with Gasteiger partial charge in [-0.2, -0.15) is 10.2 Å². The summed E-state index contributed by atoms with van der Waals surface area (Å²) < 4.78 is 6.25. The smallest absolute Gasteiger partial charge is 0.246 e. The predicted octanol–water partition coefficient (Wildman–Crippen LogP) is 3.87. The number of thiocarbonyl (C=S) groups is 1. The Morgan fingerprint density at radius 2 is 2.02 bits per heavy atom. The van der Waals surface area contributed by atoms with Gasteiger partial charge in [-0.1, -0.05) is 18.8 Å². The van der Waals surface area contributed by atoms with Gasteiger partial charge in [0, 0.05) is 52.9 Å². The van der Waals surface area contributed by atoms with Crippen LogP contribution >= 0.6 is 23.6 Å². The predicted molar refractivity (Wildman–Crippen MR) is 175 cm³/mol. The fraction of sp³-hybridized carbons (Fsp3) is 0.516. The Bertz CT molecular complexity index is 1470. The Morgan fingerprint density at radius 3 is 2.67 bits per heavy atom. The highest BCUT2D eigenvalue weighted by Gasteiger charge is 2.33. The molecular weight excluding hydrogens is 581 g/mol. The molecular formula is C31H40N8O2S2. The number of thiophene rings is 1. The van der Waals surface area contributed by atoms with Crippen molar-refractivity contribution in [3.8, 4) is 11.9 Å². The fourth-order valence-electron chi connectivity index (χ4n) is 6.59. The van der Waals surface area contributed by atoms with Crippen molar-refractivity contribution in [2.45, 2.75) is 70.0 Å². The van der Waals surface area contributed by atoms with Crippen LogP contribution in [0.15, 0.2) is 24.8 Å². The standard InChI is InChI=1S/C31H40N8O2S2/c1-5-28(40)39-18(2)15-38(16-19(39)3)26-13-27(41-17-20-8-7-11-37(20)4)36-31(35-26)23(33)12-24(42)21-9-6-10-25-29(21)22(14-32)30(34)43-25/h5,12-13,18-21H,1,6-11,15-17,33-34H2,2-4H3/b23-12-. The molecule has 2 saturated heterocycles. The van der Waals surface area contributed by atoms with Gasteiger partial charge in [0.15, 0.2) is 5.82 Å². The fourth-order valence-corrected chi connectivity index (χ4v) is 8.08. The Morgan fingerprint density at radius 1 is 1.28 bits per heavy atom. The first-order chi connectivity index (χ1) is 20.6. The highest BCUT2D eigenvalue weighted by atomic mass is 32.1. The number of anilines is 2. The number of fused-ring (bicyclic) bond motifs is 1. The average Bonchev–Trinajstić information content (AvgIpc) is 3.55. The van der Waals surface area contributed by atoms with Crippen LogP contribution in [-0.4, -0.2) is 82.0 Å². The molecule has 4 N–H and O–H groups in total. The second kappa shape index (κ2) is 13.0. The molecule has 4 unspecified atom stereocenters. The minimum absolute atomic E-state index is 0.0440. The first-order valence-corrected chi connectivity index (χ1v) is 16.1. The molecule has 0 radical (unpaired) electrons. The monoisotopic (exact) mass is 620 g/mol. The third kappa shape index (κ3) is 6.39. The van der Waals surface area contributed by atoms with Crippen LogP contribution in [0, 0.1) is 11.3 Å². The number of carbonyl (C=O) groups excluding carboxylic acids is 1. The van der Waals surface area contributed by atoms with Gasteiger partial charge in [0.1, 0.15) is 23.5 Å². The zero-order chi connectivity index (χ0) is 30.8. The van der Waals surface area contributed by atoms with Gasteiger partial charge in [-0.25, -0.2) is 4.98 Å². The number of nitriles is 1. The van der Waals surface area contributed by atoms with E-state index >= 15 is 0 Å². The van der Waals surface area contributed by atoms with E-state index in [0.29, 0.717) is 64.4 Å². The molecule has 228 valence electrons. The molecule has 0 aromatic carbocycles. The van der Waals surface area contributed by atoms with Crippen LogP contribution in [0.1, 0.15) is 67.3 Å². The van der Waals surface area contributed by atoms with Gasteiger partial charge in [-0.3, -0.25) is 4.79 Å². The quantitative estimate of drug-likeness (QED) is 0.331. The second-order valence-corrected chi connectivity index (χ2v) is 13.4.